The maximum absolute atomic E-state index is 11.3. The number of esters is 1. The van der Waals surface area contributed by atoms with Crippen molar-refractivity contribution in [2.45, 2.75) is 46.0 Å². The summed E-state index contributed by atoms with van der Waals surface area (Å²) in [6.07, 6.45) is 0. The topological polar surface area (TPSA) is 61.8 Å². The van der Waals surface area contributed by atoms with Crippen molar-refractivity contribution in [1.29, 1.82) is 0 Å². The van der Waals surface area contributed by atoms with Crippen LogP contribution in [0.25, 0.3) is 0 Å². The molecule has 0 spiro atoms. The van der Waals surface area contributed by atoms with Gasteiger partial charge in [0.25, 0.3) is 0 Å². The summed E-state index contributed by atoms with van der Waals surface area (Å²) < 4.78 is 15.1. The van der Waals surface area contributed by atoms with Crippen LogP contribution in [0.5, 0.6) is 0 Å². The Kier molecular flexibility index (Phi) is 6.02. The normalized spacial score (nSPS) is 11.4. The third kappa shape index (κ3) is 7.82. The smallest absolute Gasteiger partial charge is 0.388 e. The standard InChI is InChI=1S/C13H20O5/c1-12(2,3)18-11(15)10(14)8-7-9-17-13(4,5)16-6/h9H2,1-6H3. The number of hydrogen-bond acceptors (Lipinski definition) is 5. The third-order valence-electron chi connectivity index (χ3n) is 1.77. The minimum absolute atomic E-state index is 0.00459. The van der Waals surface area contributed by atoms with Crippen molar-refractivity contribution in [3.63, 3.8) is 0 Å². The fourth-order valence-electron chi connectivity index (χ4n) is 0.761. The van der Waals surface area contributed by atoms with Gasteiger partial charge in [-0.3, -0.25) is 4.79 Å². The number of methoxy groups -OCH3 is 1. The molecule has 0 bridgehead atoms. The van der Waals surface area contributed by atoms with E-state index in [1.54, 1.807) is 34.6 Å². The Morgan fingerprint density at radius 2 is 1.67 bits per heavy atom. The molecule has 0 aliphatic carbocycles. The molecule has 0 aromatic rings. The molecule has 0 aromatic heterocycles. The molecule has 0 fully saturated rings. The Bertz CT molecular complexity index is 365. The van der Waals surface area contributed by atoms with E-state index in [1.165, 1.54) is 7.11 Å². The zero-order valence-corrected chi connectivity index (χ0v) is 11.7. The highest BCUT2D eigenvalue weighted by molar-refractivity contribution is 6.40. The summed E-state index contributed by atoms with van der Waals surface area (Å²) in [7, 11) is 1.50. The zero-order valence-electron chi connectivity index (χ0n) is 11.7. The van der Waals surface area contributed by atoms with Gasteiger partial charge in [-0.1, -0.05) is 5.92 Å². The first-order chi connectivity index (χ1) is 8.07. The molecule has 0 aliphatic heterocycles. The van der Waals surface area contributed by atoms with Gasteiger partial charge in [-0.05, 0) is 40.5 Å². The molecule has 5 nitrogen and oxygen atoms in total. The summed E-state index contributed by atoms with van der Waals surface area (Å²) in [4.78, 5) is 22.5. The molecule has 5 heteroatoms. The van der Waals surface area contributed by atoms with E-state index in [9.17, 15) is 9.59 Å². The molecule has 0 saturated heterocycles. The second kappa shape index (κ2) is 6.53. The molecular formula is C13H20O5. The molecule has 0 unspecified atom stereocenters. The van der Waals surface area contributed by atoms with Gasteiger partial charge < -0.3 is 14.2 Å². The van der Waals surface area contributed by atoms with Crippen molar-refractivity contribution in [1.82, 2.24) is 0 Å². The molecule has 0 amide bonds. The number of hydrogen-bond donors (Lipinski definition) is 0. The predicted octanol–water partition coefficient (Wildman–Crippen LogP) is 1.30. The average Bonchev–Trinajstić information content (AvgIpc) is 2.21. The molecule has 0 N–H and O–H groups in total. The van der Waals surface area contributed by atoms with Crippen LogP contribution in [-0.4, -0.2) is 36.9 Å². The first kappa shape index (κ1) is 16.6. The zero-order chi connectivity index (χ0) is 14.4. The van der Waals surface area contributed by atoms with Crippen molar-refractivity contribution in [2.24, 2.45) is 0 Å². The quantitative estimate of drug-likeness (QED) is 0.249. The Morgan fingerprint density at radius 1 is 1.11 bits per heavy atom. The Morgan fingerprint density at radius 3 is 2.11 bits per heavy atom. The lowest BCUT2D eigenvalue weighted by Crippen LogP contribution is -2.28. The fourth-order valence-corrected chi connectivity index (χ4v) is 0.761. The van der Waals surface area contributed by atoms with Crippen molar-refractivity contribution in [3.05, 3.63) is 0 Å². The number of rotatable bonds is 4. The third-order valence-corrected chi connectivity index (χ3v) is 1.77. The molecule has 0 aliphatic rings. The van der Waals surface area contributed by atoms with Crippen LogP contribution in [-0.2, 0) is 23.8 Å². The van der Waals surface area contributed by atoms with E-state index in [4.69, 9.17) is 14.2 Å². The lowest BCUT2D eigenvalue weighted by Gasteiger charge is -2.21. The van der Waals surface area contributed by atoms with Crippen molar-refractivity contribution in [3.8, 4) is 11.8 Å². The molecular weight excluding hydrogens is 236 g/mol. The van der Waals surface area contributed by atoms with E-state index in [0.717, 1.165) is 0 Å². The van der Waals surface area contributed by atoms with Crippen LogP contribution in [0.4, 0.5) is 0 Å². The number of ether oxygens (including phenoxy) is 3. The van der Waals surface area contributed by atoms with E-state index in [2.05, 4.69) is 11.8 Å². The minimum atomic E-state index is -0.957. The second-order valence-corrected chi connectivity index (χ2v) is 5.03. The first-order valence-corrected chi connectivity index (χ1v) is 5.53. The van der Waals surface area contributed by atoms with Gasteiger partial charge in [0.2, 0.25) is 0 Å². The number of carbonyl (C=O) groups is 2. The highest BCUT2D eigenvalue weighted by Gasteiger charge is 2.21. The lowest BCUT2D eigenvalue weighted by atomic mass is 10.2. The van der Waals surface area contributed by atoms with Crippen LogP contribution in [0.1, 0.15) is 34.6 Å². The van der Waals surface area contributed by atoms with Crippen LogP contribution in [0.2, 0.25) is 0 Å². The van der Waals surface area contributed by atoms with Gasteiger partial charge in [-0.25, -0.2) is 4.79 Å². The molecule has 0 aromatic carbocycles. The lowest BCUT2D eigenvalue weighted by molar-refractivity contribution is -0.188. The summed E-state index contributed by atoms with van der Waals surface area (Å²) in [5.41, 5.74) is -0.705. The van der Waals surface area contributed by atoms with Crippen molar-refractivity contribution < 1.29 is 23.8 Å². The Hall–Kier alpha value is -1.38. The molecule has 0 radical (unpaired) electrons. The van der Waals surface area contributed by atoms with Gasteiger partial charge in [0, 0.05) is 7.11 Å². The summed E-state index contributed by atoms with van der Waals surface area (Å²) >= 11 is 0. The van der Waals surface area contributed by atoms with Gasteiger partial charge in [-0.2, -0.15) is 0 Å². The highest BCUT2D eigenvalue weighted by Crippen LogP contribution is 2.08. The van der Waals surface area contributed by atoms with Gasteiger partial charge in [0.05, 0.1) is 0 Å². The largest absolute Gasteiger partial charge is 0.453 e. The predicted molar refractivity (Wildman–Crippen MR) is 65.7 cm³/mol. The minimum Gasteiger partial charge on any atom is -0.453 e. The van der Waals surface area contributed by atoms with Crippen LogP contribution < -0.4 is 0 Å². The second-order valence-electron chi connectivity index (χ2n) is 5.03. The molecule has 0 rings (SSSR count). The van der Waals surface area contributed by atoms with E-state index >= 15 is 0 Å². The van der Waals surface area contributed by atoms with Gasteiger partial charge in [0.1, 0.15) is 12.2 Å². The van der Waals surface area contributed by atoms with Crippen LogP contribution >= 0.6 is 0 Å². The summed E-state index contributed by atoms with van der Waals surface area (Å²) in [6.45, 7) is 8.45. The van der Waals surface area contributed by atoms with E-state index in [1.807, 2.05) is 0 Å². The van der Waals surface area contributed by atoms with Crippen LogP contribution in [0.15, 0.2) is 0 Å². The Labute approximate surface area is 108 Å². The van der Waals surface area contributed by atoms with Gasteiger partial charge in [-0.15, -0.1) is 0 Å². The summed E-state index contributed by atoms with van der Waals surface area (Å²) in [5, 5.41) is 0. The molecule has 102 valence electrons. The number of Topliss-reactive ketones (excluding diaryl/α,β-unsaturated/α-hetero) is 1. The van der Waals surface area contributed by atoms with Crippen LogP contribution in [0, 0.1) is 11.8 Å². The monoisotopic (exact) mass is 256 g/mol. The van der Waals surface area contributed by atoms with Crippen LogP contribution in [0.3, 0.4) is 0 Å². The number of ketones is 1. The van der Waals surface area contributed by atoms with E-state index in [-0.39, 0.29) is 6.61 Å². The van der Waals surface area contributed by atoms with Gasteiger partial charge >= 0.3 is 11.8 Å². The Balaban J connectivity index is 4.22. The average molecular weight is 256 g/mol. The highest BCUT2D eigenvalue weighted by atomic mass is 16.7. The summed E-state index contributed by atoms with van der Waals surface area (Å²) in [6, 6.07) is 0. The van der Waals surface area contributed by atoms with Gasteiger partial charge in [0.15, 0.2) is 5.79 Å². The molecule has 0 saturated carbocycles. The maximum atomic E-state index is 11.3. The number of carbonyl (C=O) groups excluding carboxylic acids is 2. The summed E-state index contributed by atoms with van der Waals surface area (Å²) in [5.74, 6) is 1.98. The first-order valence-electron chi connectivity index (χ1n) is 5.53. The van der Waals surface area contributed by atoms with E-state index < -0.39 is 23.1 Å². The van der Waals surface area contributed by atoms with E-state index in [0.29, 0.717) is 0 Å². The molecule has 0 heterocycles. The SMILES string of the molecule is COC(C)(C)OCC#CC(=O)C(=O)OC(C)(C)C. The van der Waals surface area contributed by atoms with Crippen molar-refractivity contribution in [2.75, 3.05) is 13.7 Å². The molecule has 0 atom stereocenters. The molecule has 18 heavy (non-hydrogen) atoms. The maximum Gasteiger partial charge on any atom is 0.388 e. The fraction of sp³-hybridized carbons (Fsp3) is 0.692. The van der Waals surface area contributed by atoms with Crippen molar-refractivity contribution >= 4 is 11.8 Å².